The van der Waals surface area contributed by atoms with Crippen LogP contribution >= 0.6 is 0 Å². The van der Waals surface area contributed by atoms with Gasteiger partial charge in [-0.3, -0.25) is 0 Å². The maximum atomic E-state index is 4.03. The molecular weight excluding hydrogens is 348 g/mol. The van der Waals surface area contributed by atoms with E-state index in [1.165, 1.54) is 86.5 Å². The molecule has 0 nitrogen and oxygen atoms in total. The predicted octanol–water partition coefficient (Wildman–Crippen LogP) is 9.01. The second kappa shape index (κ2) is 11.0. The van der Waals surface area contributed by atoms with Crippen LogP contribution in [0.5, 0.6) is 0 Å². The lowest BCUT2D eigenvalue weighted by molar-refractivity contribution is 0.540. The Bertz CT molecular complexity index is 770. The van der Waals surface area contributed by atoms with Crippen molar-refractivity contribution in [2.45, 2.75) is 110 Å². The summed E-state index contributed by atoms with van der Waals surface area (Å²) in [4.78, 5) is 0. The van der Waals surface area contributed by atoms with Crippen LogP contribution in [0.4, 0.5) is 0 Å². The first-order valence-corrected chi connectivity index (χ1v) is 12.3. The molecule has 0 spiro atoms. The third-order valence-corrected chi connectivity index (χ3v) is 6.98. The number of hydrogen-bond acceptors (Lipinski definition) is 0. The van der Waals surface area contributed by atoms with E-state index in [2.05, 4.69) is 64.1 Å². The highest BCUT2D eigenvalue weighted by molar-refractivity contribution is 5.78. The minimum atomic E-state index is 0.651. The van der Waals surface area contributed by atoms with Crippen molar-refractivity contribution in [3.05, 3.63) is 58.7 Å². The molecule has 0 saturated heterocycles. The Balaban J connectivity index is 2.00. The maximum absolute atomic E-state index is 4.03. The molecule has 0 fully saturated rings. The quantitative estimate of drug-likeness (QED) is 0.271. The van der Waals surface area contributed by atoms with Gasteiger partial charge in [-0.2, -0.15) is 0 Å². The lowest BCUT2D eigenvalue weighted by Crippen LogP contribution is -2.07. The van der Waals surface area contributed by atoms with E-state index >= 15 is 0 Å². The first-order chi connectivity index (χ1) is 14.2. The fourth-order valence-electron chi connectivity index (χ4n) is 5.13. The molecule has 2 aromatic rings. The normalized spacial score (nSPS) is 14.5. The maximum Gasteiger partial charge on any atom is -0.00102 e. The van der Waals surface area contributed by atoms with Crippen molar-refractivity contribution >= 4 is 0 Å². The van der Waals surface area contributed by atoms with Gasteiger partial charge in [-0.15, -0.1) is 0 Å². The molecular formula is C29H40. The minimum absolute atomic E-state index is 0.651. The van der Waals surface area contributed by atoms with E-state index in [1.807, 2.05) is 0 Å². The van der Waals surface area contributed by atoms with Gasteiger partial charge in [-0.25, -0.2) is 0 Å². The number of rotatable bonds is 12. The summed E-state index contributed by atoms with van der Waals surface area (Å²) in [5, 5.41) is 0. The smallest absolute Gasteiger partial charge is 0.00102 e. The Morgan fingerprint density at radius 3 is 2.21 bits per heavy atom. The van der Waals surface area contributed by atoms with Gasteiger partial charge in [-0.05, 0) is 95.5 Å². The molecule has 29 heavy (non-hydrogen) atoms. The summed E-state index contributed by atoms with van der Waals surface area (Å²) < 4.78 is 0. The molecule has 1 aliphatic rings. The summed E-state index contributed by atoms with van der Waals surface area (Å²) in [6.07, 6.45) is 14.1. The molecule has 0 amide bonds. The average Bonchev–Trinajstić information content (AvgIpc) is 3.13. The minimum Gasteiger partial charge on any atom is -0.0654 e. The van der Waals surface area contributed by atoms with Crippen LogP contribution in [0.25, 0.3) is 11.1 Å². The molecule has 2 atom stereocenters. The molecule has 3 rings (SSSR count). The van der Waals surface area contributed by atoms with E-state index < -0.39 is 0 Å². The Morgan fingerprint density at radius 2 is 1.55 bits per heavy atom. The molecule has 1 aliphatic carbocycles. The summed E-state index contributed by atoms with van der Waals surface area (Å²) >= 11 is 0. The van der Waals surface area contributed by atoms with Crippen LogP contribution in [-0.4, -0.2) is 0 Å². The Kier molecular flexibility index (Phi) is 8.40. The van der Waals surface area contributed by atoms with E-state index in [0.29, 0.717) is 11.8 Å². The summed E-state index contributed by atoms with van der Waals surface area (Å²) in [6, 6.07) is 16.4. The highest BCUT2D eigenvalue weighted by Gasteiger charge is 2.26. The fraction of sp³-hybridized carbons (Fsp3) is 0.586. The highest BCUT2D eigenvalue weighted by Crippen LogP contribution is 2.44. The second-order valence-electron chi connectivity index (χ2n) is 8.99. The van der Waals surface area contributed by atoms with Gasteiger partial charge in [0.2, 0.25) is 0 Å². The van der Waals surface area contributed by atoms with Crippen molar-refractivity contribution < 1.29 is 0 Å². The second-order valence-corrected chi connectivity index (χ2v) is 8.99. The molecule has 0 heterocycles. The van der Waals surface area contributed by atoms with Gasteiger partial charge in [0, 0.05) is 0 Å². The first kappa shape index (κ1) is 22.1. The highest BCUT2D eigenvalue weighted by atomic mass is 14.3. The Labute approximate surface area is 180 Å². The van der Waals surface area contributed by atoms with Crippen LogP contribution in [0.2, 0.25) is 0 Å². The van der Waals surface area contributed by atoms with Gasteiger partial charge in [-0.1, -0.05) is 84.4 Å². The molecule has 0 bridgehead atoms. The number of hydrogen-bond donors (Lipinski definition) is 0. The standard InChI is InChI=1S/C29H40/c1-5-9-11-15-22(7-3)25-20-27(23(8-4)16-12-10-6-2)29-19-24-17-13-14-18-26(24)28(29)21-25/h14,17-18,21-23H,5-12,15-16,19H2,1-4H3. The average molecular weight is 389 g/mol. The molecule has 0 aliphatic heterocycles. The van der Waals surface area contributed by atoms with Gasteiger partial charge in [0.25, 0.3) is 0 Å². The van der Waals surface area contributed by atoms with Gasteiger partial charge in [0.15, 0.2) is 0 Å². The molecule has 0 N–H and O–H groups in total. The molecule has 0 heteroatoms. The zero-order valence-electron chi connectivity index (χ0n) is 19.2. The van der Waals surface area contributed by atoms with Crippen molar-refractivity contribution in [1.29, 1.82) is 0 Å². The van der Waals surface area contributed by atoms with Crippen LogP contribution in [-0.2, 0) is 6.42 Å². The van der Waals surface area contributed by atoms with Crippen molar-refractivity contribution in [2.75, 3.05) is 0 Å². The van der Waals surface area contributed by atoms with Gasteiger partial charge < -0.3 is 0 Å². The SMILES string of the molecule is CCCCCC(CC)c1[c]c(C(CC)CCCCC)c2c(c1)-c1cc[c]cc1C2. The molecule has 156 valence electrons. The van der Waals surface area contributed by atoms with Crippen LogP contribution in [0.15, 0.2) is 24.3 Å². The molecule has 2 unspecified atom stereocenters. The lowest BCUT2D eigenvalue weighted by atomic mass is 9.81. The van der Waals surface area contributed by atoms with Crippen LogP contribution < -0.4 is 0 Å². The first-order valence-electron chi connectivity index (χ1n) is 12.3. The van der Waals surface area contributed by atoms with Crippen LogP contribution in [0.3, 0.4) is 0 Å². The molecule has 2 aromatic carbocycles. The molecule has 0 aromatic heterocycles. The summed E-state index contributed by atoms with van der Waals surface area (Å²) in [5.74, 6) is 1.31. The Hall–Kier alpha value is -1.56. The van der Waals surface area contributed by atoms with Gasteiger partial charge >= 0.3 is 0 Å². The number of benzene rings is 2. The summed E-state index contributed by atoms with van der Waals surface area (Å²) in [5.41, 5.74) is 8.99. The predicted molar refractivity (Wildman–Crippen MR) is 127 cm³/mol. The van der Waals surface area contributed by atoms with Gasteiger partial charge in [0.05, 0.1) is 0 Å². The van der Waals surface area contributed by atoms with E-state index in [-0.39, 0.29) is 0 Å². The topological polar surface area (TPSA) is 0 Å². The Morgan fingerprint density at radius 1 is 0.862 bits per heavy atom. The summed E-state index contributed by atoms with van der Waals surface area (Å²) in [6.45, 7) is 9.34. The van der Waals surface area contributed by atoms with Crippen molar-refractivity contribution in [3.8, 4) is 11.1 Å². The van der Waals surface area contributed by atoms with E-state index in [1.54, 1.807) is 11.1 Å². The zero-order chi connectivity index (χ0) is 20.6. The van der Waals surface area contributed by atoms with E-state index in [4.69, 9.17) is 0 Å². The van der Waals surface area contributed by atoms with E-state index in [9.17, 15) is 0 Å². The number of unbranched alkanes of at least 4 members (excludes halogenated alkanes) is 4. The third kappa shape index (κ3) is 5.14. The number of fused-ring (bicyclic) bond motifs is 3. The van der Waals surface area contributed by atoms with Crippen molar-refractivity contribution in [1.82, 2.24) is 0 Å². The van der Waals surface area contributed by atoms with Crippen molar-refractivity contribution in [2.24, 2.45) is 0 Å². The van der Waals surface area contributed by atoms with Crippen molar-refractivity contribution in [3.63, 3.8) is 0 Å². The zero-order valence-corrected chi connectivity index (χ0v) is 19.2. The van der Waals surface area contributed by atoms with Gasteiger partial charge in [0.1, 0.15) is 0 Å². The summed E-state index contributed by atoms with van der Waals surface area (Å²) in [7, 11) is 0. The largest absolute Gasteiger partial charge is 0.0654 e. The monoisotopic (exact) mass is 388 g/mol. The van der Waals surface area contributed by atoms with E-state index in [0.717, 1.165) is 6.42 Å². The third-order valence-electron chi connectivity index (χ3n) is 6.98. The van der Waals surface area contributed by atoms with Crippen LogP contribution in [0.1, 0.15) is 126 Å². The van der Waals surface area contributed by atoms with Crippen LogP contribution in [0, 0.1) is 12.1 Å². The fourth-order valence-corrected chi connectivity index (χ4v) is 5.13. The molecule has 2 radical (unpaired) electrons. The lowest BCUT2D eigenvalue weighted by Gasteiger charge is -2.23. The molecule has 0 saturated carbocycles.